The zero-order chi connectivity index (χ0) is 16.1. The zero-order valence-electron chi connectivity index (χ0n) is 13.9. The smallest absolute Gasteiger partial charge is 0.155 e. The number of aromatic amines is 1. The van der Waals surface area contributed by atoms with Gasteiger partial charge in [0.25, 0.3) is 0 Å². The number of H-pyrrole nitrogens is 1. The third-order valence-electron chi connectivity index (χ3n) is 4.61. The average Bonchev–Trinajstić information content (AvgIpc) is 3.05. The van der Waals surface area contributed by atoms with E-state index in [4.69, 9.17) is 0 Å². The predicted octanol–water partition coefficient (Wildman–Crippen LogP) is 5.02. The van der Waals surface area contributed by atoms with Crippen molar-refractivity contribution in [1.29, 1.82) is 0 Å². The second kappa shape index (κ2) is 5.01. The van der Waals surface area contributed by atoms with Gasteiger partial charge in [0.15, 0.2) is 5.82 Å². The Morgan fingerprint density at radius 1 is 1.13 bits per heavy atom. The van der Waals surface area contributed by atoms with Crippen molar-refractivity contribution in [3.63, 3.8) is 0 Å². The minimum Gasteiger partial charge on any atom is -0.346 e. The Labute approximate surface area is 137 Å². The SMILES string of the molecule is CC1=Nc2ncc(-c3c[nH]c4ncc(C)cc34)cc2C1C(C)C.[HH]. The molecule has 0 spiro atoms. The van der Waals surface area contributed by atoms with E-state index in [0.717, 1.165) is 39.3 Å². The van der Waals surface area contributed by atoms with Crippen molar-refractivity contribution >= 4 is 22.6 Å². The lowest BCUT2D eigenvalue weighted by Gasteiger charge is -2.16. The van der Waals surface area contributed by atoms with Crippen LogP contribution in [-0.4, -0.2) is 20.7 Å². The highest BCUT2D eigenvalue weighted by molar-refractivity contribution is 5.98. The van der Waals surface area contributed by atoms with Gasteiger partial charge in [0, 0.05) is 53.7 Å². The van der Waals surface area contributed by atoms with Gasteiger partial charge in [-0.05, 0) is 37.5 Å². The van der Waals surface area contributed by atoms with E-state index in [1.807, 2.05) is 18.6 Å². The fourth-order valence-corrected chi connectivity index (χ4v) is 3.59. The Bertz CT molecular complexity index is 940. The quantitative estimate of drug-likeness (QED) is 0.722. The van der Waals surface area contributed by atoms with Gasteiger partial charge in [-0.25, -0.2) is 15.0 Å². The molecular weight excluding hydrogens is 284 g/mol. The summed E-state index contributed by atoms with van der Waals surface area (Å²) in [5.74, 6) is 1.76. The van der Waals surface area contributed by atoms with Crippen LogP contribution in [-0.2, 0) is 0 Å². The number of hydrogen-bond acceptors (Lipinski definition) is 3. The minimum absolute atomic E-state index is 0. The lowest BCUT2D eigenvalue weighted by atomic mass is 9.86. The lowest BCUT2D eigenvalue weighted by Crippen LogP contribution is -2.11. The highest BCUT2D eigenvalue weighted by Crippen LogP contribution is 2.40. The predicted molar refractivity (Wildman–Crippen MR) is 96.5 cm³/mol. The monoisotopic (exact) mass is 306 g/mol. The molecule has 0 aromatic carbocycles. The number of nitrogens with zero attached hydrogens (tertiary/aromatic N) is 3. The van der Waals surface area contributed by atoms with Crippen LogP contribution < -0.4 is 0 Å². The molecule has 0 radical (unpaired) electrons. The topological polar surface area (TPSA) is 53.9 Å². The molecule has 4 heteroatoms. The Morgan fingerprint density at radius 3 is 2.74 bits per heavy atom. The highest BCUT2D eigenvalue weighted by Gasteiger charge is 2.28. The molecular formula is C19H22N4. The first kappa shape index (κ1) is 14.1. The van der Waals surface area contributed by atoms with Crippen LogP contribution in [0.3, 0.4) is 0 Å². The molecule has 23 heavy (non-hydrogen) atoms. The van der Waals surface area contributed by atoms with E-state index in [1.54, 1.807) is 0 Å². The third kappa shape index (κ3) is 2.17. The van der Waals surface area contributed by atoms with Crippen LogP contribution in [0.1, 0.15) is 39.2 Å². The minimum atomic E-state index is 0. The van der Waals surface area contributed by atoms with Crippen LogP contribution in [0.2, 0.25) is 0 Å². The van der Waals surface area contributed by atoms with Crippen molar-refractivity contribution in [2.45, 2.75) is 33.6 Å². The van der Waals surface area contributed by atoms with E-state index < -0.39 is 0 Å². The van der Waals surface area contributed by atoms with Crippen molar-refractivity contribution < 1.29 is 1.43 Å². The zero-order valence-corrected chi connectivity index (χ0v) is 13.9. The first-order chi connectivity index (χ1) is 11.0. The first-order valence-corrected chi connectivity index (χ1v) is 8.04. The van der Waals surface area contributed by atoms with Crippen molar-refractivity contribution in [2.24, 2.45) is 10.9 Å². The Morgan fingerprint density at radius 2 is 1.96 bits per heavy atom. The molecule has 0 aliphatic carbocycles. The third-order valence-corrected chi connectivity index (χ3v) is 4.61. The van der Waals surface area contributed by atoms with Crippen LogP contribution in [0.4, 0.5) is 5.82 Å². The van der Waals surface area contributed by atoms with Crippen molar-refractivity contribution in [2.75, 3.05) is 0 Å². The molecule has 118 valence electrons. The molecule has 3 aromatic heterocycles. The molecule has 4 rings (SSSR count). The molecule has 1 aliphatic rings. The number of aromatic nitrogens is 3. The number of aliphatic imine (C=N–C) groups is 1. The fraction of sp³-hybridized carbons (Fsp3) is 0.316. The number of fused-ring (bicyclic) bond motifs is 2. The molecule has 0 amide bonds. The maximum atomic E-state index is 4.64. The maximum Gasteiger partial charge on any atom is 0.155 e. The largest absolute Gasteiger partial charge is 0.346 e. The molecule has 1 N–H and O–H groups in total. The van der Waals surface area contributed by atoms with E-state index in [-0.39, 0.29) is 1.43 Å². The van der Waals surface area contributed by atoms with Crippen LogP contribution in [0, 0.1) is 12.8 Å². The van der Waals surface area contributed by atoms with Gasteiger partial charge in [0.2, 0.25) is 0 Å². The number of aryl methyl sites for hydroxylation is 1. The highest BCUT2D eigenvalue weighted by atomic mass is 14.9. The Hall–Kier alpha value is -2.49. The molecule has 4 nitrogen and oxygen atoms in total. The van der Waals surface area contributed by atoms with Gasteiger partial charge < -0.3 is 4.98 Å². The van der Waals surface area contributed by atoms with Gasteiger partial charge in [0.1, 0.15) is 5.65 Å². The van der Waals surface area contributed by atoms with Crippen LogP contribution in [0.15, 0.2) is 35.7 Å². The van der Waals surface area contributed by atoms with E-state index >= 15 is 0 Å². The maximum absolute atomic E-state index is 4.64. The van der Waals surface area contributed by atoms with E-state index in [9.17, 15) is 0 Å². The average molecular weight is 306 g/mol. The van der Waals surface area contributed by atoms with Crippen LogP contribution in [0.25, 0.3) is 22.2 Å². The summed E-state index contributed by atoms with van der Waals surface area (Å²) in [4.78, 5) is 17.0. The van der Waals surface area contributed by atoms with E-state index in [0.29, 0.717) is 11.8 Å². The molecule has 0 bridgehead atoms. The summed E-state index contributed by atoms with van der Waals surface area (Å²) in [6.45, 7) is 8.65. The van der Waals surface area contributed by atoms with Crippen molar-refractivity contribution in [3.05, 3.63) is 41.9 Å². The summed E-state index contributed by atoms with van der Waals surface area (Å²) in [5.41, 5.74) is 6.75. The van der Waals surface area contributed by atoms with Crippen LogP contribution in [0.5, 0.6) is 0 Å². The number of pyridine rings is 2. The van der Waals surface area contributed by atoms with Crippen LogP contribution >= 0.6 is 0 Å². The number of hydrogen-bond donors (Lipinski definition) is 1. The van der Waals surface area contributed by atoms with Gasteiger partial charge in [0.05, 0.1) is 0 Å². The van der Waals surface area contributed by atoms with E-state index in [2.05, 4.69) is 59.8 Å². The van der Waals surface area contributed by atoms with Crippen molar-refractivity contribution in [3.8, 4) is 11.1 Å². The number of nitrogens with one attached hydrogen (secondary N) is 1. The summed E-state index contributed by atoms with van der Waals surface area (Å²) in [5, 5.41) is 1.14. The molecule has 1 unspecified atom stereocenters. The molecule has 1 aliphatic heterocycles. The second-order valence-electron chi connectivity index (χ2n) is 6.72. The summed E-state index contributed by atoms with van der Waals surface area (Å²) >= 11 is 0. The van der Waals surface area contributed by atoms with Gasteiger partial charge in [-0.2, -0.15) is 0 Å². The van der Waals surface area contributed by atoms with Crippen molar-refractivity contribution in [1.82, 2.24) is 15.0 Å². The molecule has 0 saturated carbocycles. The van der Waals surface area contributed by atoms with Gasteiger partial charge in [-0.3, -0.25) is 0 Å². The number of rotatable bonds is 2. The second-order valence-corrected chi connectivity index (χ2v) is 6.72. The Balaban J connectivity index is 0.00000169. The van der Waals surface area contributed by atoms with Gasteiger partial charge in [-0.15, -0.1) is 0 Å². The summed E-state index contributed by atoms with van der Waals surface area (Å²) in [6, 6.07) is 4.42. The lowest BCUT2D eigenvalue weighted by molar-refractivity contribution is 0.608. The van der Waals surface area contributed by atoms with Gasteiger partial charge in [-0.1, -0.05) is 13.8 Å². The molecule has 1 atom stereocenters. The summed E-state index contributed by atoms with van der Waals surface area (Å²) < 4.78 is 0. The fourth-order valence-electron chi connectivity index (χ4n) is 3.59. The first-order valence-electron chi connectivity index (χ1n) is 8.04. The van der Waals surface area contributed by atoms with Gasteiger partial charge >= 0.3 is 0 Å². The molecule has 3 aromatic rings. The summed E-state index contributed by atoms with van der Waals surface area (Å²) in [7, 11) is 0. The standard InChI is InChI=1S/C19H20N4.H2/c1-10(2)17-12(4)23-19-15(17)6-13(8-21-19)16-9-22-18-14(16)5-11(3)7-20-18;/h5-10,17H,1-4H3,(H,20,22);1H. The molecule has 0 saturated heterocycles. The Kier molecular flexibility index (Phi) is 3.08. The summed E-state index contributed by atoms with van der Waals surface area (Å²) in [6.07, 6.45) is 5.83. The normalized spacial score (nSPS) is 16.9. The van der Waals surface area contributed by atoms with E-state index in [1.165, 1.54) is 5.56 Å². The molecule has 4 heterocycles. The molecule has 0 fully saturated rings.